The first kappa shape index (κ1) is 26.5. The maximum Gasteiger partial charge on any atom is 3.00 e. The van der Waals surface area contributed by atoms with E-state index >= 15 is 0 Å². The summed E-state index contributed by atoms with van der Waals surface area (Å²) in [5.41, 5.74) is 4.65. The summed E-state index contributed by atoms with van der Waals surface area (Å²) in [6, 6.07) is 23.5. The number of hydrogen-bond acceptors (Lipinski definition) is 5. The van der Waals surface area contributed by atoms with E-state index in [0.717, 1.165) is 32.9 Å². The third kappa shape index (κ3) is 6.23. The number of benzene rings is 2. The average molecular weight is 672 g/mol. The van der Waals surface area contributed by atoms with E-state index in [-0.39, 0.29) is 20.1 Å². The molecule has 0 N–H and O–H groups in total. The predicted molar refractivity (Wildman–Crippen MR) is 146 cm³/mol. The number of hydrogen-bond donors (Lipinski definition) is 0. The van der Waals surface area contributed by atoms with Crippen molar-refractivity contribution in [1.29, 1.82) is 0 Å². The predicted octanol–water partition coefficient (Wildman–Crippen LogP) is 7.81. The first-order valence-electron chi connectivity index (χ1n) is 12.5. The zero-order chi connectivity index (χ0) is 24.0. The first-order chi connectivity index (χ1) is 17.2. The van der Waals surface area contributed by atoms with Crippen LogP contribution in [0.4, 0.5) is 5.69 Å². The van der Waals surface area contributed by atoms with E-state index in [2.05, 4.69) is 82.4 Å². The van der Waals surface area contributed by atoms with Gasteiger partial charge in [0.1, 0.15) is 0 Å². The monoisotopic (exact) mass is 672 g/mol. The van der Waals surface area contributed by atoms with Gasteiger partial charge in [0.2, 0.25) is 0 Å². The molecule has 0 saturated heterocycles. The van der Waals surface area contributed by atoms with E-state index in [0.29, 0.717) is 6.04 Å². The van der Waals surface area contributed by atoms with Crippen molar-refractivity contribution in [3.63, 3.8) is 0 Å². The summed E-state index contributed by atoms with van der Waals surface area (Å²) in [5, 5.41) is 1.10. The summed E-state index contributed by atoms with van der Waals surface area (Å²) in [6.07, 6.45) is 14.8. The fraction of sp³-hybridized carbons (Fsp3) is 0.300. The van der Waals surface area contributed by atoms with Crippen molar-refractivity contribution in [3.05, 3.63) is 97.7 Å². The van der Waals surface area contributed by atoms with E-state index in [4.69, 9.17) is 0 Å². The molecule has 1 aliphatic heterocycles. The molecule has 36 heavy (non-hydrogen) atoms. The third-order valence-electron chi connectivity index (χ3n) is 6.65. The number of nitrogens with zero attached hydrogens (tertiary/aromatic N) is 4. The molecule has 1 fully saturated rings. The molecule has 6 heteroatoms. The van der Waals surface area contributed by atoms with Crippen LogP contribution in [-0.4, -0.2) is 20.3 Å². The summed E-state index contributed by atoms with van der Waals surface area (Å²) < 4.78 is 5.60. The SMILES string of the molecule is CC(C)N1C=CN(c2[c-]ccc(C3CCCCC3)c2)[CH-]1.[Ir+3].[c-]1ccccc1-c1nsc2ccncc12. The van der Waals surface area contributed by atoms with Gasteiger partial charge in [0.05, 0.1) is 0 Å². The number of pyridine rings is 1. The van der Waals surface area contributed by atoms with Gasteiger partial charge in [-0.1, -0.05) is 19.3 Å². The Morgan fingerprint density at radius 2 is 1.89 bits per heavy atom. The summed E-state index contributed by atoms with van der Waals surface area (Å²) in [6.45, 7) is 6.56. The van der Waals surface area contributed by atoms with Crippen molar-refractivity contribution in [3.8, 4) is 11.3 Å². The van der Waals surface area contributed by atoms with Crippen LogP contribution in [0.25, 0.3) is 21.3 Å². The molecule has 4 nitrogen and oxygen atoms in total. The molecular formula is C30H31IrN4S. The van der Waals surface area contributed by atoms with Gasteiger partial charge in [0.25, 0.3) is 0 Å². The van der Waals surface area contributed by atoms with Gasteiger partial charge in [0, 0.05) is 22.8 Å². The van der Waals surface area contributed by atoms with Crippen LogP contribution in [0.2, 0.25) is 0 Å². The number of aromatic nitrogens is 2. The quantitative estimate of drug-likeness (QED) is 0.207. The van der Waals surface area contributed by atoms with Crippen molar-refractivity contribution >= 4 is 27.3 Å². The maximum absolute atomic E-state index is 4.44. The number of rotatable bonds is 4. The summed E-state index contributed by atoms with van der Waals surface area (Å²) in [4.78, 5) is 8.52. The second-order valence-corrected chi connectivity index (χ2v) is 10.2. The van der Waals surface area contributed by atoms with Gasteiger partial charge in [-0.15, -0.1) is 47.6 Å². The molecule has 0 radical (unpaired) electrons. The zero-order valence-corrected chi connectivity index (χ0v) is 23.9. The van der Waals surface area contributed by atoms with E-state index in [9.17, 15) is 0 Å². The molecule has 2 aliphatic rings. The van der Waals surface area contributed by atoms with Gasteiger partial charge in [-0.05, 0) is 74.0 Å². The largest absolute Gasteiger partial charge is 3.00 e. The molecule has 0 atom stereocenters. The second kappa shape index (κ2) is 12.6. The van der Waals surface area contributed by atoms with Crippen LogP contribution in [-0.2, 0) is 20.1 Å². The van der Waals surface area contributed by atoms with Crippen molar-refractivity contribution < 1.29 is 20.1 Å². The van der Waals surface area contributed by atoms with E-state index in [1.807, 2.05) is 36.5 Å². The van der Waals surface area contributed by atoms with Gasteiger partial charge in [-0.3, -0.25) is 4.98 Å². The molecule has 0 unspecified atom stereocenters. The molecule has 186 valence electrons. The Morgan fingerprint density at radius 3 is 2.64 bits per heavy atom. The second-order valence-electron chi connectivity index (χ2n) is 9.38. The molecule has 0 bridgehead atoms. The van der Waals surface area contributed by atoms with Gasteiger partial charge in [-0.25, -0.2) is 4.37 Å². The van der Waals surface area contributed by atoms with Crippen LogP contribution >= 0.6 is 11.5 Å². The van der Waals surface area contributed by atoms with Crippen LogP contribution in [0.3, 0.4) is 0 Å². The van der Waals surface area contributed by atoms with Crippen LogP contribution < -0.4 is 4.90 Å². The van der Waals surface area contributed by atoms with E-state index < -0.39 is 0 Å². The fourth-order valence-corrected chi connectivity index (χ4v) is 5.40. The molecule has 0 amide bonds. The fourth-order valence-electron chi connectivity index (χ4n) is 4.65. The molecule has 1 aliphatic carbocycles. The van der Waals surface area contributed by atoms with Crippen molar-refractivity contribution in [2.75, 3.05) is 4.90 Å². The van der Waals surface area contributed by atoms with Crippen LogP contribution in [0.1, 0.15) is 57.4 Å². The molecule has 2 aromatic heterocycles. The molecule has 4 aromatic rings. The Bertz CT molecular complexity index is 1260. The Balaban J connectivity index is 0.000000170. The van der Waals surface area contributed by atoms with Crippen LogP contribution in [0, 0.1) is 18.8 Å². The zero-order valence-electron chi connectivity index (χ0n) is 20.7. The number of fused-ring (bicyclic) bond motifs is 1. The Kier molecular flexibility index (Phi) is 9.30. The summed E-state index contributed by atoms with van der Waals surface area (Å²) in [7, 11) is 0. The van der Waals surface area contributed by atoms with Gasteiger partial charge >= 0.3 is 20.1 Å². The van der Waals surface area contributed by atoms with Crippen LogP contribution in [0.5, 0.6) is 0 Å². The maximum atomic E-state index is 4.44. The first-order valence-corrected chi connectivity index (χ1v) is 13.2. The molecule has 1 saturated carbocycles. The minimum atomic E-state index is 0. The molecule has 0 spiro atoms. The minimum Gasteiger partial charge on any atom is -0.506 e. The molecule has 3 heterocycles. The smallest absolute Gasteiger partial charge is 0.506 e. The summed E-state index contributed by atoms with van der Waals surface area (Å²) in [5.74, 6) is 0.755. The Morgan fingerprint density at radius 1 is 1.03 bits per heavy atom. The average Bonchev–Trinajstić information content (AvgIpc) is 3.59. The van der Waals surface area contributed by atoms with Crippen molar-refractivity contribution in [1.82, 2.24) is 14.3 Å². The number of anilines is 1. The molecule has 6 rings (SSSR count). The molecular weight excluding hydrogens is 641 g/mol. The van der Waals surface area contributed by atoms with Gasteiger partial charge in [-0.2, -0.15) is 30.4 Å². The van der Waals surface area contributed by atoms with E-state index in [1.54, 1.807) is 6.20 Å². The van der Waals surface area contributed by atoms with Crippen molar-refractivity contribution in [2.45, 2.75) is 57.9 Å². The Hall–Kier alpha value is -2.53. The minimum absolute atomic E-state index is 0. The topological polar surface area (TPSA) is 32.3 Å². The third-order valence-corrected chi connectivity index (χ3v) is 7.48. The summed E-state index contributed by atoms with van der Waals surface area (Å²) >= 11 is 1.50. The van der Waals surface area contributed by atoms with Gasteiger partial charge in [0.15, 0.2) is 0 Å². The normalized spacial score (nSPS) is 15.6. The van der Waals surface area contributed by atoms with Gasteiger partial charge < -0.3 is 9.80 Å². The van der Waals surface area contributed by atoms with Crippen LogP contribution in [0.15, 0.2) is 73.3 Å². The van der Waals surface area contributed by atoms with Crippen molar-refractivity contribution in [2.24, 2.45) is 0 Å². The van der Waals surface area contributed by atoms with E-state index in [1.165, 1.54) is 49.2 Å². The standard InChI is InChI=1S/C18H24N2.C12H7N2S.Ir/c1-15(2)19-11-12-20(14-19)18-10-6-9-17(13-18)16-7-4-3-5-8-16;1-2-4-9(5-3-1)12-10-8-13-7-6-11(10)15-14-12;/h6,9,11-16H,3-5,7-8H2,1-2H3;1-4,6-8H;/q-2;-1;+3. The Labute approximate surface area is 232 Å². The molecule has 2 aromatic carbocycles.